The lowest BCUT2D eigenvalue weighted by molar-refractivity contribution is -0.254. The number of rotatable bonds is 9. The van der Waals surface area contributed by atoms with Gasteiger partial charge in [0.1, 0.15) is 24.6 Å². The van der Waals surface area contributed by atoms with Gasteiger partial charge in [0, 0.05) is 27.7 Å². The van der Waals surface area contributed by atoms with Gasteiger partial charge in [-0.25, -0.2) is 0 Å². The van der Waals surface area contributed by atoms with Crippen LogP contribution < -0.4 is 4.74 Å². The molecule has 0 bridgehead atoms. The van der Waals surface area contributed by atoms with Crippen molar-refractivity contribution in [2.24, 2.45) is 5.92 Å². The zero-order chi connectivity index (χ0) is 27.8. The van der Waals surface area contributed by atoms with E-state index in [9.17, 15) is 19.2 Å². The first kappa shape index (κ1) is 29.4. The predicted octanol–water partition coefficient (Wildman–Crippen LogP) is 3.62. The summed E-state index contributed by atoms with van der Waals surface area (Å²) < 4.78 is 33.8. The fourth-order valence-electron chi connectivity index (χ4n) is 5.33. The largest absolute Gasteiger partial charge is 0.496 e. The molecule has 1 saturated carbocycles. The van der Waals surface area contributed by atoms with Crippen molar-refractivity contribution in [3.05, 3.63) is 29.3 Å². The molecule has 1 saturated heterocycles. The highest BCUT2D eigenvalue weighted by Gasteiger charge is 2.52. The third kappa shape index (κ3) is 7.93. The molecule has 1 aromatic carbocycles. The fraction of sp³-hybridized carbons (Fsp3) is 0.643. The molecule has 10 heteroatoms. The lowest BCUT2D eigenvalue weighted by atomic mass is 9.83. The van der Waals surface area contributed by atoms with Crippen LogP contribution in [0.1, 0.15) is 77.0 Å². The second-order valence-corrected chi connectivity index (χ2v) is 9.90. The topological polar surface area (TPSA) is 124 Å². The van der Waals surface area contributed by atoms with Crippen molar-refractivity contribution in [1.82, 2.24) is 0 Å². The maximum Gasteiger partial charge on any atom is 0.303 e. The molecule has 0 radical (unpaired) electrons. The first-order valence-corrected chi connectivity index (χ1v) is 13.1. The van der Waals surface area contributed by atoms with E-state index in [1.807, 2.05) is 12.1 Å². The van der Waals surface area contributed by atoms with Crippen LogP contribution >= 0.6 is 0 Å². The molecule has 5 atom stereocenters. The lowest BCUT2D eigenvalue weighted by Crippen LogP contribution is -2.59. The average molecular weight is 535 g/mol. The summed E-state index contributed by atoms with van der Waals surface area (Å²) in [6, 6.07) is 5.58. The van der Waals surface area contributed by atoms with Crippen molar-refractivity contribution in [3.8, 4) is 5.75 Å². The van der Waals surface area contributed by atoms with Gasteiger partial charge < -0.3 is 28.4 Å². The van der Waals surface area contributed by atoms with Crippen LogP contribution in [0, 0.1) is 5.92 Å². The van der Waals surface area contributed by atoms with E-state index < -0.39 is 54.4 Å². The third-order valence-electron chi connectivity index (χ3n) is 6.86. The average Bonchev–Trinajstić information content (AvgIpc) is 2.85. The molecule has 1 aromatic rings. The summed E-state index contributed by atoms with van der Waals surface area (Å²) in [5.41, 5.74) is 1.65. The Labute approximate surface area is 223 Å². The minimum Gasteiger partial charge on any atom is -0.496 e. The Hall–Kier alpha value is -3.14. The van der Waals surface area contributed by atoms with Crippen LogP contribution in [-0.4, -0.2) is 62.0 Å². The highest BCUT2D eigenvalue weighted by Crippen LogP contribution is 2.40. The fourth-order valence-corrected chi connectivity index (χ4v) is 5.33. The molecule has 0 spiro atoms. The molecule has 0 unspecified atom stereocenters. The van der Waals surface area contributed by atoms with Gasteiger partial charge in [0.2, 0.25) is 0 Å². The highest BCUT2D eigenvalue weighted by molar-refractivity contribution is 5.69. The summed E-state index contributed by atoms with van der Waals surface area (Å²) in [6.45, 7) is 4.61. The molecule has 2 aliphatic rings. The smallest absolute Gasteiger partial charge is 0.303 e. The summed E-state index contributed by atoms with van der Waals surface area (Å²) >= 11 is 0. The number of carbonyl (C=O) groups is 4. The van der Waals surface area contributed by atoms with Crippen molar-refractivity contribution >= 4 is 23.9 Å². The van der Waals surface area contributed by atoms with Crippen molar-refractivity contribution in [1.29, 1.82) is 0 Å². The molecule has 1 heterocycles. The van der Waals surface area contributed by atoms with Gasteiger partial charge in [0.05, 0.1) is 7.11 Å². The standard InChI is InChI=1S/C28H38O10/c1-16(29)34-15-24-26(35-17(2)30)28(37-19(4)32)27(36-18(3)31)25(38-24)21-11-12-23(33-5)22(14-21)13-20-9-7-6-8-10-20/h11-12,14,20,24-28H,6-10,13,15H2,1-5H3/t24-,25+,26-,27+,28+/m1/s1. The quantitative estimate of drug-likeness (QED) is 0.343. The minimum atomic E-state index is -1.21. The summed E-state index contributed by atoms with van der Waals surface area (Å²) in [5.74, 6) is -1.24. The number of hydrogen-bond donors (Lipinski definition) is 0. The molecule has 1 aliphatic heterocycles. The Morgan fingerprint density at radius 1 is 0.816 bits per heavy atom. The highest BCUT2D eigenvalue weighted by atomic mass is 16.7. The number of carbonyl (C=O) groups excluding carboxylic acids is 4. The Balaban J connectivity index is 2.04. The molecular weight excluding hydrogens is 496 g/mol. The summed E-state index contributed by atoms with van der Waals surface area (Å²) in [4.78, 5) is 47.8. The van der Waals surface area contributed by atoms with E-state index in [1.165, 1.54) is 47.0 Å². The van der Waals surface area contributed by atoms with E-state index in [0.29, 0.717) is 11.5 Å². The second-order valence-electron chi connectivity index (χ2n) is 9.90. The van der Waals surface area contributed by atoms with Gasteiger partial charge in [-0.2, -0.15) is 0 Å². The second kappa shape index (κ2) is 13.6. The Morgan fingerprint density at radius 2 is 1.42 bits per heavy atom. The molecule has 0 N–H and O–H groups in total. The Kier molecular flexibility index (Phi) is 10.5. The maximum atomic E-state index is 12.2. The van der Waals surface area contributed by atoms with Crippen molar-refractivity contribution < 1.29 is 47.6 Å². The van der Waals surface area contributed by atoms with E-state index in [-0.39, 0.29) is 6.61 Å². The van der Waals surface area contributed by atoms with Gasteiger partial charge in [-0.15, -0.1) is 0 Å². The molecule has 10 nitrogen and oxygen atoms in total. The van der Waals surface area contributed by atoms with Crippen LogP contribution in [0.4, 0.5) is 0 Å². The Bertz CT molecular complexity index is 999. The van der Waals surface area contributed by atoms with Crippen LogP contribution in [0.3, 0.4) is 0 Å². The SMILES string of the molecule is COc1ccc([C@@H]2O[C@H](COC(C)=O)[C@@H](OC(C)=O)[C@H](OC(C)=O)[C@H]2OC(C)=O)cc1CC1CCCCC1. The van der Waals surface area contributed by atoms with Crippen LogP contribution in [0.15, 0.2) is 18.2 Å². The number of hydrogen-bond acceptors (Lipinski definition) is 10. The zero-order valence-electron chi connectivity index (χ0n) is 22.7. The molecule has 0 amide bonds. The molecular formula is C28H38O10. The Morgan fingerprint density at radius 3 is 2.00 bits per heavy atom. The van der Waals surface area contributed by atoms with Crippen LogP contribution in [0.5, 0.6) is 5.75 Å². The van der Waals surface area contributed by atoms with Crippen molar-refractivity contribution in [2.45, 2.75) is 96.7 Å². The van der Waals surface area contributed by atoms with Crippen LogP contribution in [0.25, 0.3) is 0 Å². The summed E-state index contributed by atoms with van der Waals surface area (Å²) in [7, 11) is 1.62. The van der Waals surface area contributed by atoms with Crippen molar-refractivity contribution in [3.63, 3.8) is 0 Å². The number of methoxy groups -OCH3 is 1. The normalized spacial score (nSPS) is 25.7. The van der Waals surface area contributed by atoms with E-state index in [4.69, 9.17) is 28.4 Å². The van der Waals surface area contributed by atoms with Gasteiger partial charge >= 0.3 is 23.9 Å². The number of ether oxygens (including phenoxy) is 6. The van der Waals surface area contributed by atoms with Gasteiger partial charge in [-0.05, 0) is 35.6 Å². The van der Waals surface area contributed by atoms with Gasteiger partial charge in [-0.3, -0.25) is 19.2 Å². The number of esters is 4. The first-order valence-electron chi connectivity index (χ1n) is 13.1. The maximum absolute atomic E-state index is 12.2. The van der Waals surface area contributed by atoms with Crippen LogP contribution in [-0.2, 0) is 49.3 Å². The monoisotopic (exact) mass is 534 g/mol. The molecule has 1 aliphatic carbocycles. The van der Waals surface area contributed by atoms with Gasteiger partial charge in [0.25, 0.3) is 0 Å². The molecule has 38 heavy (non-hydrogen) atoms. The van der Waals surface area contributed by atoms with E-state index in [1.54, 1.807) is 13.2 Å². The molecule has 3 rings (SSSR count). The van der Waals surface area contributed by atoms with Gasteiger partial charge in [0.15, 0.2) is 18.3 Å². The molecule has 2 fully saturated rings. The number of benzene rings is 1. The minimum absolute atomic E-state index is 0.264. The lowest BCUT2D eigenvalue weighted by Gasteiger charge is -2.44. The first-order chi connectivity index (χ1) is 18.1. The predicted molar refractivity (Wildman–Crippen MR) is 134 cm³/mol. The summed E-state index contributed by atoms with van der Waals surface area (Å²) in [6.07, 6.45) is 1.34. The third-order valence-corrected chi connectivity index (χ3v) is 6.86. The van der Waals surface area contributed by atoms with E-state index in [2.05, 4.69) is 0 Å². The molecule has 0 aromatic heterocycles. The van der Waals surface area contributed by atoms with Crippen molar-refractivity contribution in [2.75, 3.05) is 13.7 Å². The van der Waals surface area contributed by atoms with Gasteiger partial charge in [-0.1, -0.05) is 38.2 Å². The van der Waals surface area contributed by atoms with E-state index in [0.717, 1.165) is 30.6 Å². The molecule has 210 valence electrons. The van der Waals surface area contributed by atoms with Crippen LogP contribution in [0.2, 0.25) is 0 Å². The summed E-state index contributed by atoms with van der Waals surface area (Å²) in [5, 5.41) is 0. The van der Waals surface area contributed by atoms with E-state index >= 15 is 0 Å². The zero-order valence-corrected chi connectivity index (χ0v) is 22.7.